The second-order valence-electron chi connectivity index (χ2n) is 12.0. The summed E-state index contributed by atoms with van der Waals surface area (Å²) in [7, 11) is 0. The molecular weight excluding hydrogens is 583 g/mol. The Bertz CT molecular complexity index is 3040. The maximum absolute atomic E-state index is 6.68. The monoisotopic (exact) mass is 605 g/mol. The molecule has 0 spiro atoms. The summed E-state index contributed by atoms with van der Waals surface area (Å²) < 4.78 is 18.1. The summed E-state index contributed by atoms with van der Waals surface area (Å²) in [4.78, 5) is 0. The van der Waals surface area contributed by atoms with Crippen LogP contribution in [0.4, 0.5) is 0 Å². The number of para-hydroxylation sites is 3. The van der Waals surface area contributed by atoms with E-state index in [0.717, 1.165) is 71.5 Å². The standard InChI is InChI=1S/C42H23NO2S/c1-4-16-34-32(11-1)39-35(21-20-29-25-9-2-5-17-36(25)45-41(29)39)43(34)24-19-22-37-33(23-24)28-13-7-12-27(40(28)44-37)31-15-8-14-30-26-10-3-6-18-38(26)46-42(30)31/h1-23H. The van der Waals surface area contributed by atoms with Crippen LogP contribution in [0.5, 0.6) is 0 Å². The molecule has 214 valence electrons. The molecule has 0 fully saturated rings. The fourth-order valence-electron chi connectivity index (χ4n) is 7.61. The summed E-state index contributed by atoms with van der Waals surface area (Å²) >= 11 is 1.85. The Morgan fingerprint density at radius 3 is 2.07 bits per heavy atom. The highest BCUT2D eigenvalue weighted by molar-refractivity contribution is 7.26. The zero-order chi connectivity index (χ0) is 29.9. The Labute approximate surface area is 266 Å². The molecule has 4 heterocycles. The molecule has 11 rings (SSSR count). The van der Waals surface area contributed by atoms with E-state index in [0.29, 0.717) is 0 Å². The van der Waals surface area contributed by atoms with Gasteiger partial charge in [-0.3, -0.25) is 0 Å². The van der Waals surface area contributed by atoms with Crippen molar-refractivity contribution in [1.29, 1.82) is 0 Å². The Kier molecular flexibility index (Phi) is 4.72. The lowest BCUT2D eigenvalue weighted by atomic mass is 10.0. The second kappa shape index (κ2) is 8.87. The summed E-state index contributed by atoms with van der Waals surface area (Å²) in [6.45, 7) is 0. The van der Waals surface area contributed by atoms with E-state index in [4.69, 9.17) is 8.83 Å². The van der Waals surface area contributed by atoms with E-state index in [2.05, 4.69) is 132 Å². The van der Waals surface area contributed by atoms with E-state index in [1.807, 2.05) is 23.5 Å². The van der Waals surface area contributed by atoms with E-state index in [9.17, 15) is 0 Å². The molecule has 0 aliphatic carbocycles. The first-order valence-corrected chi connectivity index (χ1v) is 16.3. The van der Waals surface area contributed by atoms with E-state index in [1.54, 1.807) is 0 Å². The van der Waals surface area contributed by atoms with Gasteiger partial charge in [0.25, 0.3) is 0 Å². The normalized spacial score (nSPS) is 12.3. The van der Waals surface area contributed by atoms with Gasteiger partial charge in [-0.05, 0) is 48.5 Å². The number of aromatic nitrogens is 1. The minimum Gasteiger partial charge on any atom is -0.455 e. The highest BCUT2D eigenvalue weighted by Crippen LogP contribution is 2.45. The fourth-order valence-corrected chi connectivity index (χ4v) is 8.84. The third-order valence-corrected chi connectivity index (χ3v) is 10.8. The first-order valence-electron chi connectivity index (χ1n) is 15.5. The van der Waals surface area contributed by atoms with Crippen molar-refractivity contribution < 1.29 is 8.83 Å². The Morgan fingerprint density at radius 1 is 0.435 bits per heavy atom. The molecule has 0 atom stereocenters. The van der Waals surface area contributed by atoms with Gasteiger partial charge in [-0.25, -0.2) is 0 Å². The Balaban J connectivity index is 1.17. The van der Waals surface area contributed by atoms with Gasteiger partial charge in [0, 0.05) is 63.9 Å². The first-order chi connectivity index (χ1) is 22.8. The maximum Gasteiger partial charge on any atom is 0.145 e. The van der Waals surface area contributed by atoms with Crippen molar-refractivity contribution in [2.45, 2.75) is 0 Å². The summed E-state index contributed by atoms with van der Waals surface area (Å²) in [6.07, 6.45) is 0. The number of benzene rings is 7. The predicted octanol–water partition coefficient (Wildman–Crippen LogP) is 12.6. The van der Waals surface area contributed by atoms with Gasteiger partial charge in [0.2, 0.25) is 0 Å². The van der Waals surface area contributed by atoms with Gasteiger partial charge >= 0.3 is 0 Å². The van der Waals surface area contributed by atoms with Crippen LogP contribution in [0.2, 0.25) is 0 Å². The Morgan fingerprint density at radius 2 is 1.13 bits per heavy atom. The van der Waals surface area contributed by atoms with Crippen LogP contribution in [0.25, 0.3) is 103 Å². The molecule has 0 aliphatic heterocycles. The van der Waals surface area contributed by atoms with Gasteiger partial charge in [-0.2, -0.15) is 0 Å². The number of nitrogens with zero attached hydrogens (tertiary/aromatic N) is 1. The van der Waals surface area contributed by atoms with Gasteiger partial charge in [-0.1, -0.05) is 91.0 Å². The number of hydrogen-bond acceptors (Lipinski definition) is 3. The predicted molar refractivity (Wildman–Crippen MR) is 194 cm³/mol. The number of hydrogen-bond donors (Lipinski definition) is 0. The molecule has 7 aromatic carbocycles. The second-order valence-corrected chi connectivity index (χ2v) is 13.1. The van der Waals surface area contributed by atoms with E-state index in [1.165, 1.54) is 31.1 Å². The summed E-state index contributed by atoms with van der Waals surface area (Å²) in [5, 5.41) is 9.42. The van der Waals surface area contributed by atoms with Crippen LogP contribution in [-0.2, 0) is 0 Å². The summed E-state index contributed by atoms with van der Waals surface area (Å²) in [5.41, 5.74) is 9.35. The van der Waals surface area contributed by atoms with Crippen molar-refractivity contribution in [2.24, 2.45) is 0 Å². The van der Waals surface area contributed by atoms with Gasteiger partial charge < -0.3 is 13.4 Å². The van der Waals surface area contributed by atoms with Crippen LogP contribution in [0.15, 0.2) is 148 Å². The van der Waals surface area contributed by atoms with Crippen molar-refractivity contribution >= 4 is 97.2 Å². The van der Waals surface area contributed by atoms with E-state index >= 15 is 0 Å². The third-order valence-electron chi connectivity index (χ3n) is 9.61. The number of furan rings is 2. The average Bonchev–Trinajstić information content (AvgIpc) is 3.86. The van der Waals surface area contributed by atoms with Crippen molar-refractivity contribution in [3.8, 4) is 16.8 Å². The Hall–Kier alpha value is -5.84. The quantitative estimate of drug-likeness (QED) is 0.196. The molecule has 3 nitrogen and oxygen atoms in total. The summed E-state index contributed by atoms with van der Waals surface area (Å²) in [5.74, 6) is 0. The van der Waals surface area contributed by atoms with Crippen LogP contribution in [0.3, 0.4) is 0 Å². The minimum absolute atomic E-state index is 0.884. The SMILES string of the molecule is c1ccc2c(c1)oc1c2ccc2c1c1ccccc1n2-c1ccc2oc3c(-c4cccc5c4sc4ccccc45)cccc3c2c1. The topological polar surface area (TPSA) is 31.2 Å². The zero-order valence-electron chi connectivity index (χ0n) is 24.5. The lowest BCUT2D eigenvalue weighted by molar-refractivity contribution is 0.670. The molecule has 11 aromatic rings. The number of thiophene rings is 1. The van der Waals surface area contributed by atoms with E-state index in [-0.39, 0.29) is 0 Å². The first kappa shape index (κ1) is 24.5. The molecule has 0 bridgehead atoms. The van der Waals surface area contributed by atoms with Gasteiger partial charge in [0.05, 0.1) is 16.4 Å². The molecule has 0 radical (unpaired) electrons. The van der Waals surface area contributed by atoms with Crippen LogP contribution in [0, 0.1) is 0 Å². The zero-order valence-corrected chi connectivity index (χ0v) is 25.3. The van der Waals surface area contributed by atoms with Crippen molar-refractivity contribution in [2.75, 3.05) is 0 Å². The lowest BCUT2D eigenvalue weighted by Gasteiger charge is -2.08. The number of rotatable bonds is 2. The van der Waals surface area contributed by atoms with Crippen molar-refractivity contribution in [3.05, 3.63) is 140 Å². The fraction of sp³-hybridized carbons (Fsp3) is 0. The largest absolute Gasteiger partial charge is 0.455 e. The maximum atomic E-state index is 6.68. The highest BCUT2D eigenvalue weighted by atomic mass is 32.1. The van der Waals surface area contributed by atoms with Crippen LogP contribution < -0.4 is 0 Å². The minimum atomic E-state index is 0.884. The van der Waals surface area contributed by atoms with Crippen molar-refractivity contribution in [3.63, 3.8) is 0 Å². The molecule has 46 heavy (non-hydrogen) atoms. The smallest absolute Gasteiger partial charge is 0.145 e. The van der Waals surface area contributed by atoms with E-state index < -0.39 is 0 Å². The molecule has 0 N–H and O–H groups in total. The third kappa shape index (κ3) is 3.16. The van der Waals surface area contributed by atoms with Crippen molar-refractivity contribution in [1.82, 2.24) is 4.57 Å². The van der Waals surface area contributed by atoms with Gasteiger partial charge in [0.1, 0.15) is 22.3 Å². The summed E-state index contributed by atoms with van der Waals surface area (Å²) in [6, 6.07) is 49.7. The molecule has 0 aliphatic rings. The lowest BCUT2D eigenvalue weighted by Crippen LogP contribution is -1.93. The molecule has 0 unspecified atom stereocenters. The molecule has 4 aromatic heterocycles. The molecule has 4 heteroatoms. The van der Waals surface area contributed by atoms with Gasteiger partial charge in [0.15, 0.2) is 0 Å². The molecule has 0 amide bonds. The van der Waals surface area contributed by atoms with Crippen LogP contribution in [0.1, 0.15) is 0 Å². The molecule has 0 saturated heterocycles. The van der Waals surface area contributed by atoms with Crippen LogP contribution in [-0.4, -0.2) is 4.57 Å². The van der Waals surface area contributed by atoms with Crippen LogP contribution >= 0.6 is 11.3 Å². The highest BCUT2D eigenvalue weighted by Gasteiger charge is 2.20. The molecular formula is C42H23NO2S. The molecule has 0 saturated carbocycles. The number of fused-ring (bicyclic) bond motifs is 13. The average molecular weight is 606 g/mol. The van der Waals surface area contributed by atoms with Gasteiger partial charge in [-0.15, -0.1) is 11.3 Å².